The summed E-state index contributed by atoms with van der Waals surface area (Å²) in [6, 6.07) is 8.57. The van der Waals surface area contributed by atoms with Crippen molar-refractivity contribution in [2.75, 3.05) is 5.73 Å². The maximum Gasteiger partial charge on any atom is 0.139 e. The minimum Gasteiger partial charge on any atom is -0.398 e. The Hall–Kier alpha value is -1.07. The van der Waals surface area contributed by atoms with Crippen LogP contribution in [0.15, 0.2) is 50.9 Å². The summed E-state index contributed by atoms with van der Waals surface area (Å²) in [5, 5.41) is 0.827. The van der Waals surface area contributed by atoms with Crippen molar-refractivity contribution < 1.29 is 4.39 Å². The van der Waals surface area contributed by atoms with Crippen LogP contribution in [0.5, 0.6) is 0 Å². The highest BCUT2D eigenvalue weighted by Gasteiger charge is 2.07. The molecule has 5 heteroatoms. The summed E-state index contributed by atoms with van der Waals surface area (Å²) in [5.74, 6) is -0.358. The Bertz CT molecular complexity index is 505. The van der Waals surface area contributed by atoms with Crippen LogP contribution in [0, 0.1) is 5.82 Å². The van der Waals surface area contributed by atoms with Crippen molar-refractivity contribution in [1.82, 2.24) is 4.98 Å². The van der Waals surface area contributed by atoms with Crippen LogP contribution in [0.2, 0.25) is 0 Å². The molecule has 0 spiro atoms. The fourth-order valence-electron chi connectivity index (χ4n) is 1.15. The van der Waals surface area contributed by atoms with Gasteiger partial charge in [0, 0.05) is 16.8 Å². The van der Waals surface area contributed by atoms with Gasteiger partial charge in [-0.1, -0.05) is 17.8 Å². The highest BCUT2D eigenvalue weighted by atomic mass is 79.9. The Morgan fingerprint density at radius 2 is 2.12 bits per heavy atom. The van der Waals surface area contributed by atoms with Crippen molar-refractivity contribution in [3.8, 4) is 0 Å². The molecule has 0 saturated heterocycles. The van der Waals surface area contributed by atoms with E-state index in [4.69, 9.17) is 5.73 Å². The Labute approximate surface area is 105 Å². The van der Waals surface area contributed by atoms with Crippen LogP contribution in [0.3, 0.4) is 0 Å². The zero-order valence-corrected chi connectivity index (χ0v) is 10.6. The second-order valence-corrected chi connectivity index (χ2v) is 4.99. The van der Waals surface area contributed by atoms with E-state index in [-0.39, 0.29) is 5.82 Å². The maximum atomic E-state index is 13.1. The Morgan fingerprint density at radius 3 is 2.81 bits per heavy atom. The van der Waals surface area contributed by atoms with Gasteiger partial charge in [0.15, 0.2) is 0 Å². The van der Waals surface area contributed by atoms with Gasteiger partial charge in [-0.25, -0.2) is 9.37 Å². The molecule has 2 N–H and O–H groups in total. The number of nitrogens with two attached hydrogens (primary N) is 1. The van der Waals surface area contributed by atoms with E-state index in [1.165, 1.54) is 17.8 Å². The number of rotatable bonds is 2. The maximum absolute atomic E-state index is 13.1. The third-order valence-electron chi connectivity index (χ3n) is 1.90. The molecule has 0 radical (unpaired) electrons. The summed E-state index contributed by atoms with van der Waals surface area (Å²) >= 11 is 4.53. The molecule has 0 bridgehead atoms. The molecule has 1 heterocycles. The van der Waals surface area contributed by atoms with Crippen LogP contribution in [0.4, 0.5) is 10.1 Å². The molecule has 2 aromatic rings. The predicted octanol–water partition coefficient (Wildman–Crippen LogP) is 3.72. The highest BCUT2D eigenvalue weighted by molar-refractivity contribution is 9.10. The molecule has 0 atom stereocenters. The zero-order chi connectivity index (χ0) is 11.5. The van der Waals surface area contributed by atoms with Crippen molar-refractivity contribution in [2.24, 2.45) is 0 Å². The van der Waals surface area contributed by atoms with Gasteiger partial charge in [-0.15, -0.1) is 0 Å². The van der Waals surface area contributed by atoms with Gasteiger partial charge >= 0.3 is 0 Å². The highest BCUT2D eigenvalue weighted by Crippen LogP contribution is 2.34. The number of nitrogen functional groups attached to an aromatic ring is 1. The van der Waals surface area contributed by atoms with Gasteiger partial charge in [0.05, 0.1) is 4.47 Å². The van der Waals surface area contributed by atoms with E-state index >= 15 is 0 Å². The van der Waals surface area contributed by atoms with E-state index in [0.717, 1.165) is 9.92 Å². The molecular weight excluding hydrogens is 291 g/mol. The fourth-order valence-corrected chi connectivity index (χ4v) is 2.49. The Balaban J connectivity index is 2.32. The molecule has 0 fully saturated rings. The molecule has 82 valence electrons. The van der Waals surface area contributed by atoms with Crippen molar-refractivity contribution in [1.29, 1.82) is 0 Å². The Morgan fingerprint density at radius 1 is 1.31 bits per heavy atom. The van der Waals surface area contributed by atoms with Gasteiger partial charge in [-0.05, 0) is 40.2 Å². The third kappa shape index (κ3) is 2.54. The number of anilines is 1. The topological polar surface area (TPSA) is 38.9 Å². The van der Waals surface area contributed by atoms with Gasteiger partial charge in [-0.2, -0.15) is 0 Å². The number of benzene rings is 1. The standard InChI is InChI=1S/C11H8BrFN2S/c12-7-5-10(9(14)6-8(7)13)16-11-3-1-2-4-15-11/h1-6H,14H2. The number of hydrogen-bond acceptors (Lipinski definition) is 3. The molecule has 0 saturated carbocycles. The molecule has 0 amide bonds. The van der Waals surface area contributed by atoms with Crippen LogP contribution in [0.1, 0.15) is 0 Å². The van der Waals surface area contributed by atoms with E-state index in [2.05, 4.69) is 20.9 Å². The van der Waals surface area contributed by atoms with Crippen molar-refractivity contribution in [2.45, 2.75) is 9.92 Å². The lowest BCUT2D eigenvalue weighted by atomic mass is 10.3. The molecule has 0 aliphatic carbocycles. The third-order valence-corrected chi connectivity index (χ3v) is 3.54. The quantitative estimate of drug-likeness (QED) is 0.859. The monoisotopic (exact) mass is 298 g/mol. The summed E-state index contributed by atoms with van der Waals surface area (Å²) in [5.41, 5.74) is 6.14. The molecular formula is C11H8BrFN2S. The van der Waals surface area contributed by atoms with Crippen LogP contribution >= 0.6 is 27.7 Å². The average Bonchev–Trinajstić information content (AvgIpc) is 2.27. The summed E-state index contributed by atoms with van der Waals surface area (Å²) in [6.45, 7) is 0. The first-order valence-electron chi connectivity index (χ1n) is 4.50. The second-order valence-electron chi connectivity index (χ2n) is 3.07. The van der Waals surface area contributed by atoms with Crippen LogP contribution in [0.25, 0.3) is 0 Å². The van der Waals surface area contributed by atoms with E-state index in [0.29, 0.717) is 10.2 Å². The van der Waals surface area contributed by atoms with Gasteiger partial charge in [0.25, 0.3) is 0 Å². The molecule has 2 nitrogen and oxygen atoms in total. The van der Waals surface area contributed by atoms with Gasteiger partial charge in [0.2, 0.25) is 0 Å². The molecule has 1 aromatic carbocycles. The first-order valence-corrected chi connectivity index (χ1v) is 6.11. The van der Waals surface area contributed by atoms with Crippen LogP contribution in [-0.2, 0) is 0 Å². The fraction of sp³-hybridized carbons (Fsp3) is 0. The largest absolute Gasteiger partial charge is 0.398 e. The van der Waals surface area contributed by atoms with E-state index in [1.807, 2.05) is 18.2 Å². The molecule has 1 aromatic heterocycles. The minimum atomic E-state index is -0.358. The number of pyridine rings is 1. The van der Waals surface area contributed by atoms with Gasteiger partial charge in [0.1, 0.15) is 10.8 Å². The van der Waals surface area contributed by atoms with E-state index in [1.54, 1.807) is 12.3 Å². The van der Waals surface area contributed by atoms with E-state index in [9.17, 15) is 4.39 Å². The summed E-state index contributed by atoms with van der Waals surface area (Å²) in [7, 11) is 0. The lowest BCUT2D eigenvalue weighted by Crippen LogP contribution is -1.91. The SMILES string of the molecule is Nc1cc(F)c(Br)cc1Sc1ccccn1. The normalized spacial score (nSPS) is 10.4. The average molecular weight is 299 g/mol. The minimum absolute atomic E-state index is 0.358. The smallest absolute Gasteiger partial charge is 0.139 e. The number of aromatic nitrogens is 1. The summed E-state index contributed by atoms with van der Waals surface area (Å²) < 4.78 is 13.5. The van der Waals surface area contributed by atoms with Crippen molar-refractivity contribution >= 4 is 33.4 Å². The lowest BCUT2D eigenvalue weighted by Gasteiger charge is -2.05. The number of hydrogen-bond donors (Lipinski definition) is 1. The van der Waals surface area contributed by atoms with Crippen LogP contribution < -0.4 is 5.73 Å². The molecule has 2 rings (SSSR count). The molecule has 0 aliphatic rings. The van der Waals surface area contributed by atoms with Gasteiger partial charge < -0.3 is 5.73 Å². The molecule has 0 unspecified atom stereocenters. The van der Waals surface area contributed by atoms with E-state index < -0.39 is 0 Å². The molecule has 0 aliphatic heterocycles. The second kappa shape index (κ2) is 4.84. The summed E-state index contributed by atoms with van der Waals surface area (Å²) in [6.07, 6.45) is 1.71. The first kappa shape index (κ1) is 11.4. The first-order chi connectivity index (χ1) is 7.66. The summed E-state index contributed by atoms with van der Waals surface area (Å²) in [4.78, 5) is 4.95. The number of halogens is 2. The number of nitrogens with zero attached hydrogens (tertiary/aromatic N) is 1. The Kier molecular flexibility index (Phi) is 3.46. The van der Waals surface area contributed by atoms with Crippen LogP contribution in [-0.4, -0.2) is 4.98 Å². The van der Waals surface area contributed by atoms with Gasteiger partial charge in [-0.3, -0.25) is 0 Å². The van der Waals surface area contributed by atoms with Crippen molar-refractivity contribution in [3.63, 3.8) is 0 Å². The zero-order valence-electron chi connectivity index (χ0n) is 8.15. The molecule has 16 heavy (non-hydrogen) atoms. The predicted molar refractivity (Wildman–Crippen MR) is 66.9 cm³/mol. The van der Waals surface area contributed by atoms with Crippen molar-refractivity contribution in [3.05, 3.63) is 46.8 Å². The lowest BCUT2D eigenvalue weighted by molar-refractivity contribution is 0.620.